The molecule has 0 spiro atoms. The van der Waals surface area contributed by atoms with Crippen molar-refractivity contribution in [3.63, 3.8) is 0 Å². The summed E-state index contributed by atoms with van der Waals surface area (Å²) in [5.41, 5.74) is 8.19. The van der Waals surface area contributed by atoms with E-state index in [2.05, 4.69) is 53.8 Å². The Bertz CT molecular complexity index is 850. The Labute approximate surface area is 177 Å². The van der Waals surface area contributed by atoms with Gasteiger partial charge in [0, 0.05) is 17.8 Å². The van der Waals surface area contributed by atoms with Gasteiger partial charge in [0.25, 0.3) is 0 Å². The van der Waals surface area contributed by atoms with Crippen molar-refractivity contribution < 1.29 is 0 Å². The van der Waals surface area contributed by atoms with Gasteiger partial charge < -0.3 is 16.4 Å². The van der Waals surface area contributed by atoms with Crippen molar-refractivity contribution in [2.24, 2.45) is 4.99 Å². The maximum Gasteiger partial charge on any atom is 0.191 e. The first-order chi connectivity index (χ1) is 13.9. The summed E-state index contributed by atoms with van der Waals surface area (Å²) in [4.78, 5) is 4.67. The van der Waals surface area contributed by atoms with E-state index in [1.807, 2.05) is 30.3 Å². The fourth-order valence-corrected chi connectivity index (χ4v) is 2.87. The Morgan fingerprint density at radius 2 is 2.03 bits per heavy atom. The lowest BCUT2D eigenvalue weighted by Crippen LogP contribution is -2.39. The number of nitrogens with two attached hydrogens (primary N) is 1. The normalized spacial score (nSPS) is 11.9. The number of thioether (sulfide) groups is 1. The van der Waals surface area contributed by atoms with Crippen LogP contribution in [-0.2, 0) is 6.42 Å². The molecule has 0 saturated heterocycles. The van der Waals surface area contributed by atoms with Crippen LogP contribution in [0.3, 0.4) is 0 Å². The number of aromatic nitrogens is 2. The molecule has 7 nitrogen and oxygen atoms in total. The lowest BCUT2D eigenvalue weighted by molar-refractivity contribution is 0.697. The van der Waals surface area contributed by atoms with Crippen molar-refractivity contribution in [3.8, 4) is 11.8 Å². The van der Waals surface area contributed by atoms with E-state index in [0.29, 0.717) is 17.8 Å². The number of nitriles is 1. The van der Waals surface area contributed by atoms with E-state index in [9.17, 15) is 5.26 Å². The van der Waals surface area contributed by atoms with Gasteiger partial charge in [-0.25, -0.2) is 4.68 Å². The second kappa shape index (κ2) is 10.8. The molecule has 156 valence electrons. The molecule has 1 heterocycles. The molecule has 0 amide bonds. The summed E-state index contributed by atoms with van der Waals surface area (Å²) in [6, 6.07) is 11.8. The van der Waals surface area contributed by atoms with Gasteiger partial charge in [0.1, 0.15) is 17.5 Å². The Morgan fingerprint density at radius 1 is 1.31 bits per heavy atom. The number of nitrogen functional groups attached to an aromatic ring is 1. The van der Waals surface area contributed by atoms with Crippen LogP contribution in [0.15, 0.2) is 35.3 Å². The first-order valence-corrected chi connectivity index (χ1v) is 11.0. The average molecular weight is 414 g/mol. The molecule has 0 aliphatic rings. The van der Waals surface area contributed by atoms with E-state index in [0.717, 1.165) is 43.4 Å². The summed E-state index contributed by atoms with van der Waals surface area (Å²) in [7, 11) is 0. The highest BCUT2D eigenvalue weighted by molar-refractivity contribution is 7.99. The molecule has 0 fully saturated rings. The fraction of sp³-hybridized carbons (Fsp3) is 0.476. The first kappa shape index (κ1) is 22.6. The Balaban J connectivity index is 1.99. The maximum atomic E-state index is 9.51. The van der Waals surface area contributed by atoms with Gasteiger partial charge in [-0.1, -0.05) is 18.2 Å². The third kappa shape index (κ3) is 6.43. The summed E-state index contributed by atoms with van der Waals surface area (Å²) >= 11 is 1.80. The predicted molar refractivity (Wildman–Crippen MR) is 123 cm³/mol. The van der Waals surface area contributed by atoms with Crippen LogP contribution in [0.2, 0.25) is 0 Å². The summed E-state index contributed by atoms with van der Waals surface area (Å²) in [6.07, 6.45) is 3.58. The lowest BCUT2D eigenvalue weighted by atomic mass is 10.1. The molecule has 0 atom stereocenters. The third-order valence-corrected chi connectivity index (χ3v) is 5.74. The summed E-state index contributed by atoms with van der Waals surface area (Å²) in [5, 5.41) is 20.7. The number of aliphatic imine (C=N–C) groups is 1. The molecular weight excluding hydrogens is 382 g/mol. The number of guanidine groups is 1. The number of hydrogen-bond acceptors (Lipinski definition) is 5. The second-order valence-corrected chi connectivity index (χ2v) is 8.77. The molecule has 2 rings (SSSR count). The standard InChI is InChI=1S/C21H31N7S/c1-5-24-20(26-15-21(2,3)29-4)25-13-9-12-18-17(14-22)19(23)28(27-18)16-10-7-6-8-11-16/h6-8,10-11H,5,9,12-13,15,23H2,1-4H3,(H2,24,25,26). The summed E-state index contributed by atoms with van der Waals surface area (Å²) in [5.74, 6) is 1.19. The van der Waals surface area contributed by atoms with Gasteiger partial charge in [0.2, 0.25) is 0 Å². The molecule has 4 N–H and O–H groups in total. The molecular formula is C21H31N7S. The monoisotopic (exact) mass is 413 g/mol. The highest BCUT2D eigenvalue weighted by atomic mass is 32.2. The number of anilines is 1. The summed E-state index contributed by atoms with van der Waals surface area (Å²) in [6.45, 7) is 8.69. The van der Waals surface area contributed by atoms with E-state index >= 15 is 0 Å². The van der Waals surface area contributed by atoms with Crippen LogP contribution < -0.4 is 16.4 Å². The Hall–Kier alpha value is -2.66. The largest absolute Gasteiger partial charge is 0.382 e. The van der Waals surface area contributed by atoms with Crippen LogP contribution in [0.25, 0.3) is 5.69 Å². The summed E-state index contributed by atoms with van der Waals surface area (Å²) < 4.78 is 1.74. The maximum absolute atomic E-state index is 9.51. The van der Waals surface area contributed by atoms with E-state index in [4.69, 9.17) is 5.73 Å². The minimum absolute atomic E-state index is 0.103. The third-order valence-electron chi connectivity index (χ3n) is 4.50. The fourth-order valence-electron chi connectivity index (χ4n) is 2.68. The quantitative estimate of drug-likeness (QED) is 0.332. The van der Waals surface area contributed by atoms with E-state index in [1.54, 1.807) is 16.4 Å². The van der Waals surface area contributed by atoms with Crippen molar-refractivity contribution in [1.82, 2.24) is 20.4 Å². The van der Waals surface area contributed by atoms with Gasteiger partial charge in [-0.2, -0.15) is 22.1 Å². The molecule has 29 heavy (non-hydrogen) atoms. The zero-order valence-corrected chi connectivity index (χ0v) is 18.5. The van der Waals surface area contributed by atoms with Crippen LogP contribution in [0.5, 0.6) is 0 Å². The van der Waals surface area contributed by atoms with E-state index in [1.165, 1.54) is 0 Å². The number of nitrogens with one attached hydrogen (secondary N) is 2. The number of rotatable bonds is 9. The molecule has 0 saturated carbocycles. The Morgan fingerprint density at radius 3 is 2.66 bits per heavy atom. The van der Waals surface area contributed by atoms with Gasteiger partial charge in [-0.15, -0.1) is 0 Å². The van der Waals surface area contributed by atoms with Crippen molar-refractivity contribution in [2.45, 2.75) is 38.4 Å². The van der Waals surface area contributed by atoms with Crippen LogP contribution >= 0.6 is 11.8 Å². The topological polar surface area (TPSA) is 104 Å². The highest BCUT2D eigenvalue weighted by Crippen LogP contribution is 2.22. The molecule has 1 aromatic carbocycles. The minimum Gasteiger partial charge on any atom is -0.382 e. The second-order valence-electron chi connectivity index (χ2n) is 7.26. The SMILES string of the molecule is CCNC(=NCC(C)(C)SC)NCCCc1nn(-c2ccccc2)c(N)c1C#N. The molecule has 2 aromatic rings. The van der Waals surface area contributed by atoms with Crippen molar-refractivity contribution in [3.05, 3.63) is 41.6 Å². The molecule has 0 radical (unpaired) electrons. The first-order valence-electron chi connectivity index (χ1n) is 9.82. The lowest BCUT2D eigenvalue weighted by Gasteiger charge is -2.20. The van der Waals surface area contributed by atoms with E-state index < -0.39 is 0 Å². The van der Waals surface area contributed by atoms with Gasteiger partial charge in [0.05, 0.1) is 17.9 Å². The molecule has 0 aliphatic heterocycles. The predicted octanol–water partition coefficient (Wildman–Crippen LogP) is 2.96. The van der Waals surface area contributed by atoms with Gasteiger partial charge >= 0.3 is 0 Å². The van der Waals surface area contributed by atoms with Gasteiger partial charge in [-0.3, -0.25) is 4.99 Å². The molecule has 0 unspecified atom stereocenters. The van der Waals surface area contributed by atoms with Crippen molar-refractivity contribution >= 4 is 23.5 Å². The van der Waals surface area contributed by atoms with Crippen molar-refractivity contribution in [2.75, 3.05) is 31.6 Å². The zero-order valence-electron chi connectivity index (χ0n) is 17.7. The van der Waals surface area contributed by atoms with Crippen LogP contribution in [0.1, 0.15) is 38.4 Å². The number of hydrogen-bond donors (Lipinski definition) is 3. The minimum atomic E-state index is 0.103. The number of para-hydroxylation sites is 1. The number of aryl methyl sites for hydroxylation is 1. The number of benzene rings is 1. The van der Waals surface area contributed by atoms with Crippen LogP contribution in [-0.4, -0.2) is 46.4 Å². The van der Waals surface area contributed by atoms with Gasteiger partial charge in [-0.05, 0) is 52.0 Å². The molecule has 0 bridgehead atoms. The van der Waals surface area contributed by atoms with Crippen LogP contribution in [0.4, 0.5) is 5.82 Å². The zero-order chi connectivity index (χ0) is 21.3. The smallest absolute Gasteiger partial charge is 0.191 e. The number of nitrogens with zero attached hydrogens (tertiary/aromatic N) is 4. The highest BCUT2D eigenvalue weighted by Gasteiger charge is 2.17. The molecule has 0 aliphatic carbocycles. The molecule has 8 heteroatoms. The van der Waals surface area contributed by atoms with Crippen LogP contribution in [0, 0.1) is 11.3 Å². The Kier molecular flexibility index (Phi) is 8.40. The van der Waals surface area contributed by atoms with Crippen molar-refractivity contribution in [1.29, 1.82) is 5.26 Å². The molecule has 1 aromatic heterocycles. The van der Waals surface area contributed by atoms with E-state index in [-0.39, 0.29) is 4.75 Å². The average Bonchev–Trinajstić information content (AvgIpc) is 3.05. The van der Waals surface area contributed by atoms with Gasteiger partial charge in [0.15, 0.2) is 5.96 Å².